The Morgan fingerprint density at radius 1 is 1.26 bits per heavy atom. The first-order valence-electron chi connectivity index (χ1n) is 6.23. The van der Waals surface area contributed by atoms with E-state index in [2.05, 4.69) is 5.32 Å². The van der Waals surface area contributed by atoms with Crippen molar-refractivity contribution < 1.29 is 14.3 Å². The van der Waals surface area contributed by atoms with Crippen LogP contribution >= 0.6 is 0 Å². The molecule has 0 bridgehead atoms. The van der Waals surface area contributed by atoms with Gasteiger partial charge in [-0.3, -0.25) is 9.59 Å². The van der Waals surface area contributed by atoms with Crippen LogP contribution in [0.5, 0.6) is 0 Å². The molecular weight excluding hydrogens is 244 g/mol. The number of benzene rings is 1. The molecule has 0 aliphatic heterocycles. The summed E-state index contributed by atoms with van der Waals surface area (Å²) in [6.07, 6.45) is 0. The normalized spacial score (nSPS) is 12.0. The third kappa shape index (κ3) is 5.52. The van der Waals surface area contributed by atoms with Gasteiger partial charge in [0.15, 0.2) is 0 Å². The number of rotatable bonds is 6. The van der Waals surface area contributed by atoms with Gasteiger partial charge in [0.25, 0.3) is 0 Å². The standard InChI is InChI=1S/C14H20N2O3/c1-10(2)13(15)14(18)16-8-12(17)19-9-11-6-4-3-5-7-11/h3-7,10,13H,8-9,15H2,1-2H3,(H,16,18)/t13-/m0/s1. The second-order valence-electron chi connectivity index (χ2n) is 4.63. The highest BCUT2D eigenvalue weighted by Gasteiger charge is 2.17. The predicted octanol–water partition coefficient (Wildman–Crippen LogP) is 0.829. The number of amides is 1. The van der Waals surface area contributed by atoms with E-state index in [1.54, 1.807) is 0 Å². The second kappa shape index (κ2) is 7.53. The summed E-state index contributed by atoms with van der Waals surface area (Å²) in [4.78, 5) is 23.0. The molecule has 0 saturated carbocycles. The molecule has 5 heteroatoms. The van der Waals surface area contributed by atoms with Gasteiger partial charge in [-0.25, -0.2) is 0 Å². The number of carbonyl (C=O) groups excluding carboxylic acids is 2. The van der Waals surface area contributed by atoms with Crippen LogP contribution in [0.3, 0.4) is 0 Å². The molecule has 0 aliphatic rings. The molecular formula is C14H20N2O3. The molecule has 1 amide bonds. The van der Waals surface area contributed by atoms with Crippen molar-refractivity contribution >= 4 is 11.9 Å². The largest absolute Gasteiger partial charge is 0.460 e. The molecule has 1 rings (SSSR count). The number of nitrogens with one attached hydrogen (secondary N) is 1. The monoisotopic (exact) mass is 264 g/mol. The van der Waals surface area contributed by atoms with Crippen LogP contribution in [0.2, 0.25) is 0 Å². The van der Waals surface area contributed by atoms with Gasteiger partial charge in [0.2, 0.25) is 5.91 Å². The van der Waals surface area contributed by atoms with Gasteiger partial charge in [0, 0.05) is 0 Å². The Bertz CT molecular complexity index is 418. The molecule has 0 aromatic heterocycles. The molecule has 0 aliphatic carbocycles. The summed E-state index contributed by atoms with van der Waals surface area (Å²) in [6.45, 7) is 3.73. The molecule has 1 aromatic carbocycles. The smallest absolute Gasteiger partial charge is 0.325 e. The predicted molar refractivity (Wildman–Crippen MR) is 72.1 cm³/mol. The summed E-state index contributed by atoms with van der Waals surface area (Å²) in [7, 11) is 0. The molecule has 3 N–H and O–H groups in total. The third-order valence-electron chi connectivity index (χ3n) is 2.67. The van der Waals surface area contributed by atoms with Crippen LogP contribution in [-0.2, 0) is 20.9 Å². The zero-order valence-corrected chi connectivity index (χ0v) is 11.3. The van der Waals surface area contributed by atoms with E-state index < -0.39 is 12.0 Å². The van der Waals surface area contributed by atoms with Crippen molar-refractivity contribution in [3.05, 3.63) is 35.9 Å². The average Bonchev–Trinajstić information content (AvgIpc) is 2.42. The van der Waals surface area contributed by atoms with Crippen LogP contribution in [0.1, 0.15) is 19.4 Å². The Kier molecular flexibility index (Phi) is 6.02. The van der Waals surface area contributed by atoms with E-state index in [4.69, 9.17) is 10.5 Å². The summed E-state index contributed by atoms with van der Waals surface area (Å²) < 4.78 is 5.02. The number of esters is 1. The maximum atomic E-state index is 11.5. The minimum absolute atomic E-state index is 0.0281. The van der Waals surface area contributed by atoms with Crippen LogP contribution < -0.4 is 11.1 Å². The highest BCUT2D eigenvalue weighted by atomic mass is 16.5. The first-order valence-corrected chi connectivity index (χ1v) is 6.23. The van der Waals surface area contributed by atoms with Crippen molar-refractivity contribution in [2.45, 2.75) is 26.5 Å². The molecule has 1 atom stereocenters. The fraction of sp³-hybridized carbons (Fsp3) is 0.429. The first-order chi connectivity index (χ1) is 9.00. The van der Waals surface area contributed by atoms with Crippen LogP contribution in [0.25, 0.3) is 0 Å². The van der Waals surface area contributed by atoms with Crippen LogP contribution in [0.15, 0.2) is 30.3 Å². The lowest BCUT2D eigenvalue weighted by Crippen LogP contribution is -2.45. The van der Waals surface area contributed by atoms with E-state index in [-0.39, 0.29) is 25.0 Å². The lowest BCUT2D eigenvalue weighted by atomic mass is 10.1. The number of hydrogen-bond donors (Lipinski definition) is 2. The molecule has 0 fully saturated rings. The van der Waals surface area contributed by atoms with Crippen molar-refractivity contribution in [3.63, 3.8) is 0 Å². The molecule has 0 unspecified atom stereocenters. The molecule has 104 valence electrons. The van der Waals surface area contributed by atoms with Gasteiger partial charge in [-0.2, -0.15) is 0 Å². The Balaban J connectivity index is 2.27. The molecule has 1 aromatic rings. The van der Waals surface area contributed by atoms with E-state index in [1.165, 1.54) is 0 Å². The third-order valence-corrected chi connectivity index (χ3v) is 2.67. The minimum atomic E-state index is -0.609. The van der Waals surface area contributed by atoms with Crippen molar-refractivity contribution in [2.24, 2.45) is 11.7 Å². The molecule has 19 heavy (non-hydrogen) atoms. The van der Waals surface area contributed by atoms with Gasteiger partial charge in [0.1, 0.15) is 13.2 Å². The minimum Gasteiger partial charge on any atom is -0.460 e. The molecule has 0 radical (unpaired) electrons. The Hall–Kier alpha value is -1.88. The SMILES string of the molecule is CC(C)[C@H](N)C(=O)NCC(=O)OCc1ccccc1. The summed E-state index contributed by atoms with van der Waals surface area (Å²) in [5.74, 6) is -0.792. The van der Waals surface area contributed by atoms with Gasteiger partial charge in [-0.15, -0.1) is 0 Å². The van der Waals surface area contributed by atoms with Crippen LogP contribution in [0, 0.1) is 5.92 Å². The number of carbonyl (C=O) groups is 2. The molecule has 0 spiro atoms. The fourth-order valence-corrected chi connectivity index (χ4v) is 1.37. The topological polar surface area (TPSA) is 81.4 Å². The van der Waals surface area contributed by atoms with Crippen LogP contribution in [-0.4, -0.2) is 24.5 Å². The fourth-order valence-electron chi connectivity index (χ4n) is 1.37. The maximum Gasteiger partial charge on any atom is 0.325 e. The van der Waals surface area contributed by atoms with E-state index >= 15 is 0 Å². The summed E-state index contributed by atoms with van der Waals surface area (Å²) in [5.41, 5.74) is 6.55. The Labute approximate surface area is 113 Å². The summed E-state index contributed by atoms with van der Waals surface area (Å²) >= 11 is 0. The lowest BCUT2D eigenvalue weighted by molar-refractivity contribution is -0.145. The van der Waals surface area contributed by atoms with E-state index in [1.807, 2.05) is 44.2 Å². The van der Waals surface area contributed by atoms with Crippen molar-refractivity contribution in [3.8, 4) is 0 Å². The molecule has 0 heterocycles. The maximum absolute atomic E-state index is 11.5. The highest BCUT2D eigenvalue weighted by molar-refractivity contribution is 5.85. The van der Waals surface area contributed by atoms with Crippen molar-refractivity contribution in [1.29, 1.82) is 0 Å². The highest BCUT2D eigenvalue weighted by Crippen LogP contribution is 2.01. The second-order valence-corrected chi connectivity index (χ2v) is 4.63. The van der Waals surface area contributed by atoms with Gasteiger partial charge in [-0.1, -0.05) is 44.2 Å². The quantitative estimate of drug-likeness (QED) is 0.746. The van der Waals surface area contributed by atoms with Crippen molar-refractivity contribution in [1.82, 2.24) is 5.32 Å². The van der Waals surface area contributed by atoms with Gasteiger partial charge in [-0.05, 0) is 11.5 Å². The number of hydrogen-bond acceptors (Lipinski definition) is 4. The number of nitrogens with two attached hydrogens (primary N) is 1. The van der Waals surface area contributed by atoms with E-state index in [0.717, 1.165) is 5.56 Å². The first kappa shape index (κ1) is 15.2. The van der Waals surface area contributed by atoms with Gasteiger partial charge < -0.3 is 15.8 Å². The summed E-state index contributed by atoms with van der Waals surface area (Å²) in [5, 5.41) is 2.46. The van der Waals surface area contributed by atoms with Crippen molar-refractivity contribution in [2.75, 3.05) is 6.54 Å². The van der Waals surface area contributed by atoms with E-state index in [9.17, 15) is 9.59 Å². The van der Waals surface area contributed by atoms with Gasteiger partial charge in [0.05, 0.1) is 6.04 Å². The molecule has 5 nitrogen and oxygen atoms in total. The lowest BCUT2D eigenvalue weighted by Gasteiger charge is -2.14. The molecule has 0 saturated heterocycles. The van der Waals surface area contributed by atoms with Gasteiger partial charge >= 0.3 is 5.97 Å². The average molecular weight is 264 g/mol. The zero-order valence-electron chi connectivity index (χ0n) is 11.3. The summed E-state index contributed by atoms with van der Waals surface area (Å²) in [6, 6.07) is 8.74. The Morgan fingerprint density at radius 3 is 2.47 bits per heavy atom. The van der Waals surface area contributed by atoms with E-state index in [0.29, 0.717) is 0 Å². The zero-order chi connectivity index (χ0) is 14.3. The number of ether oxygens (including phenoxy) is 1. The van der Waals surface area contributed by atoms with Crippen LogP contribution in [0.4, 0.5) is 0 Å². The Morgan fingerprint density at radius 2 is 1.89 bits per heavy atom.